The zero-order valence-corrected chi connectivity index (χ0v) is 12.4. The van der Waals surface area contributed by atoms with Gasteiger partial charge in [-0.1, -0.05) is 0 Å². The highest BCUT2D eigenvalue weighted by Gasteiger charge is 2.14. The molecular weight excluding hydrogens is 314 g/mol. The third-order valence-corrected chi connectivity index (χ3v) is 4.26. The summed E-state index contributed by atoms with van der Waals surface area (Å²) in [5, 5.41) is 22.8. The number of halogens is 1. The van der Waals surface area contributed by atoms with Crippen molar-refractivity contribution >= 4 is 33.2 Å². The monoisotopic (exact) mass is 325 g/mol. The smallest absolute Gasteiger partial charge is 0.103 e. The minimum atomic E-state index is -0.714. The fraction of sp³-hybridized carbons (Fsp3) is 0.333. The van der Waals surface area contributed by atoms with Crippen molar-refractivity contribution in [2.24, 2.45) is 0 Å². The van der Waals surface area contributed by atoms with E-state index in [1.165, 1.54) is 0 Å². The predicted octanol–water partition coefficient (Wildman–Crippen LogP) is 2.83. The number of hydrogen-bond acceptors (Lipinski definition) is 4. The van der Waals surface area contributed by atoms with Gasteiger partial charge < -0.3 is 5.11 Å². The van der Waals surface area contributed by atoms with Crippen molar-refractivity contribution in [3.63, 3.8) is 0 Å². The Labute approximate surface area is 118 Å². The summed E-state index contributed by atoms with van der Waals surface area (Å²) < 4.78 is 2.51. The third-order valence-electron chi connectivity index (χ3n) is 2.25. The van der Waals surface area contributed by atoms with Gasteiger partial charge in [0.1, 0.15) is 6.07 Å². The van der Waals surface area contributed by atoms with E-state index >= 15 is 0 Å². The van der Waals surface area contributed by atoms with Gasteiger partial charge in [0, 0.05) is 21.3 Å². The standard InChI is InChI=1S/C12H12BrN3OS/c1-12(2,17)7-18-9-3-10(13)11-8(4-14)5-15-16(11)6-9/h3,5-6,17H,7H2,1-2H3. The fourth-order valence-electron chi connectivity index (χ4n) is 1.47. The van der Waals surface area contributed by atoms with Gasteiger partial charge in [-0.25, -0.2) is 4.52 Å². The molecule has 0 radical (unpaired) electrons. The van der Waals surface area contributed by atoms with E-state index in [0.29, 0.717) is 11.3 Å². The summed E-state index contributed by atoms with van der Waals surface area (Å²) in [4.78, 5) is 0.990. The van der Waals surface area contributed by atoms with Crippen LogP contribution in [0.25, 0.3) is 5.52 Å². The van der Waals surface area contributed by atoms with Crippen LogP contribution in [0.15, 0.2) is 27.8 Å². The molecule has 2 rings (SSSR count). The van der Waals surface area contributed by atoms with E-state index in [1.54, 1.807) is 36.3 Å². The number of nitrogens with zero attached hydrogens (tertiary/aromatic N) is 3. The Bertz CT molecular complexity index is 625. The Morgan fingerprint density at radius 1 is 1.61 bits per heavy atom. The predicted molar refractivity (Wildman–Crippen MR) is 74.6 cm³/mol. The van der Waals surface area contributed by atoms with Gasteiger partial charge in [-0.05, 0) is 35.8 Å². The fourth-order valence-corrected chi connectivity index (χ4v) is 3.16. The van der Waals surface area contributed by atoms with Crippen LogP contribution in [0.3, 0.4) is 0 Å². The van der Waals surface area contributed by atoms with Crippen LogP contribution in [-0.2, 0) is 0 Å². The van der Waals surface area contributed by atoms with Crippen molar-refractivity contribution in [3.8, 4) is 6.07 Å². The lowest BCUT2D eigenvalue weighted by molar-refractivity contribution is 0.107. The number of pyridine rings is 1. The number of nitriles is 1. The second kappa shape index (κ2) is 4.92. The minimum Gasteiger partial charge on any atom is -0.390 e. The van der Waals surface area contributed by atoms with Gasteiger partial charge in [0.25, 0.3) is 0 Å². The van der Waals surface area contributed by atoms with E-state index in [-0.39, 0.29) is 0 Å². The van der Waals surface area contributed by atoms with Crippen molar-refractivity contribution < 1.29 is 5.11 Å². The van der Waals surface area contributed by atoms with Crippen molar-refractivity contribution in [3.05, 3.63) is 28.5 Å². The second-order valence-corrected chi connectivity index (χ2v) is 6.49. The molecule has 4 nitrogen and oxygen atoms in total. The SMILES string of the molecule is CC(C)(O)CSc1cc(Br)c2c(C#N)cnn2c1. The molecular formula is C12H12BrN3OS. The molecule has 0 fully saturated rings. The molecule has 6 heteroatoms. The molecule has 0 aliphatic rings. The zero-order valence-electron chi connectivity index (χ0n) is 10.0. The van der Waals surface area contributed by atoms with Gasteiger partial charge in [0.2, 0.25) is 0 Å². The molecule has 2 aromatic rings. The number of fused-ring (bicyclic) bond motifs is 1. The summed E-state index contributed by atoms with van der Waals surface area (Å²) in [6.07, 6.45) is 3.40. The molecule has 2 heterocycles. The molecule has 18 heavy (non-hydrogen) atoms. The molecule has 94 valence electrons. The Morgan fingerprint density at radius 2 is 2.33 bits per heavy atom. The molecule has 0 aliphatic heterocycles. The molecule has 2 aromatic heterocycles. The molecule has 0 amide bonds. The third kappa shape index (κ3) is 2.86. The van der Waals surface area contributed by atoms with E-state index in [9.17, 15) is 5.11 Å². The highest BCUT2D eigenvalue weighted by Crippen LogP contribution is 2.29. The molecule has 0 atom stereocenters. The van der Waals surface area contributed by atoms with Crippen LogP contribution in [0.4, 0.5) is 0 Å². The van der Waals surface area contributed by atoms with Crippen LogP contribution in [-0.4, -0.2) is 26.1 Å². The van der Waals surface area contributed by atoms with Crippen molar-refractivity contribution in [2.75, 3.05) is 5.75 Å². The number of aromatic nitrogens is 2. The summed E-state index contributed by atoms with van der Waals surface area (Å²) in [6, 6.07) is 4.05. The summed E-state index contributed by atoms with van der Waals surface area (Å²) in [5.41, 5.74) is 0.597. The summed E-state index contributed by atoms with van der Waals surface area (Å²) in [7, 11) is 0. The number of hydrogen-bond donors (Lipinski definition) is 1. The van der Waals surface area contributed by atoms with Crippen LogP contribution >= 0.6 is 27.7 Å². The Morgan fingerprint density at radius 3 is 2.94 bits per heavy atom. The summed E-state index contributed by atoms with van der Waals surface area (Å²) >= 11 is 5.00. The van der Waals surface area contributed by atoms with Crippen LogP contribution in [0.2, 0.25) is 0 Å². The van der Waals surface area contributed by atoms with Crippen LogP contribution in [0.1, 0.15) is 19.4 Å². The molecule has 0 spiro atoms. The Kier molecular flexibility index (Phi) is 3.66. The quantitative estimate of drug-likeness (QED) is 0.881. The van der Waals surface area contributed by atoms with Crippen LogP contribution in [0.5, 0.6) is 0 Å². The zero-order chi connectivity index (χ0) is 13.3. The van der Waals surface area contributed by atoms with Gasteiger partial charge >= 0.3 is 0 Å². The first-order chi connectivity index (χ1) is 8.40. The van der Waals surface area contributed by atoms with E-state index in [4.69, 9.17) is 5.26 Å². The molecule has 0 unspecified atom stereocenters. The first-order valence-corrected chi connectivity index (χ1v) is 7.11. The van der Waals surface area contributed by atoms with E-state index in [1.807, 2.05) is 12.3 Å². The first kappa shape index (κ1) is 13.4. The molecule has 1 N–H and O–H groups in total. The maximum Gasteiger partial charge on any atom is 0.103 e. The largest absolute Gasteiger partial charge is 0.390 e. The highest BCUT2D eigenvalue weighted by atomic mass is 79.9. The van der Waals surface area contributed by atoms with E-state index in [0.717, 1.165) is 14.9 Å². The average Bonchev–Trinajstić information content (AvgIpc) is 2.69. The average molecular weight is 326 g/mol. The molecule has 0 aliphatic carbocycles. The topological polar surface area (TPSA) is 61.3 Å². The Balaban J connectivity index is 2.36. The minimum absolute atomic E-state index is 0.543. The maximum absolute atomic E-state index is 9.71. The molecule has 0 saturated carbocycles. The van der Waals surface area contributed by atoms with Gasteiger partial charge in [0.05, 0.1) is 22.9 Å². The maximum atomic E-state index is 9.71. The lowest BCUT2D eigenvalue weighted by atomic mass is 10.2. The lowest BCUT2D eigenvalue weighted by Crippen LogP contribution is -2.21. The first-order valence-electron chi connectivity index (χ1n) is 5.33. The second-order valence-electron chi connectivity index (χ2n) is 4.59. The number of aliphatic hydroxyl groups is 1. The van der Waals surface area contributed by atoms with Gasteiger partial charge in [-0.2, -0.15) is 10.4 Å². The molecule has 0 bridgehead atoms. The van der Waals surface area contributed by atoms with Crippen molar-refractivity contribution in [1.82, 2.24) is 9.61 Å². The van der Waals surface area contributed by atoms with Gasteiger partial charge in [-0.15, -0.1) is 11.8 Å². The molecule has 0 aromatic carbocycles. The van der Waals surface area contributed by atoms with Crippen molar-refractivity contribution in [2.45, 2.75) is 24.3 Å². The highest BCUT2D eigenvalue weighted by molar-refractivity contribution is 9.10. The van der Waals surface area contributed by atoms with Crippen molar-refractivity contribution in [1.29, 1.82) is 5.26 Å². The van der Waals surface area contributed by atoms with Crippen LogP contribution in [0, 0.1) is 11.3 Å². The number of thioether (sulfide) groups is 1. The van der Waals surface area contributed by atoms with E-state index < -0.39 is 5.60 Å². The van der Waals surface area contributed by atoms with E-state index in [2.05, 4.69) is 27.1 Å². The normalized spacial score (nSPS) is 11.7. The summed E-state index contributed by atoms with van der Waals surface area (Å²) in [5.74, 6) is 0.595. The Hall–Kier alpha value is -1.03. The summed E-state index contributed by atoms with van der Waals surface area (Å²) in [6.45, 7) is 3.55. The lowest BCUT2D eigenvalue weighted by Gasteiger charge is -2.16. The van der Waals surface area contributed by atoms with Crippen LogP contribution < -0.4 is 0 Å². The molecule has 0 saturated heterocycles. The van der Waals surface area contributed by atoms with Gasteiger partial charge in [0.15, 0.2) is 0 Å². The number of rotatable bonds is 3. The van der Waals surface area contributed by atoms with Gasteiger partial charge in [-0.3, -0.25) is 0 Å².